The van der Waals surface area contributed by atoms with E-state index in [-0.39, 0.29) is 11.2 Å². The zero-order valence-corrected chi connectivity index (χ0v) is 14.1. The van der Waals surface area contributed by atoms with Gasteiger partial charge in [-0.3, -0.25) is 0 Å². The molecule has 4 rings (SSSR count). The SMILES string of the molecule is NC(=S)N1N=C(c2cc3ccccc3oc2=O)CC1c1ccccc1. The van der Waals surface area contributed by atoms with Crippen LogP contribution in [-0.2, 0) is 0 Å². The molecule has 2 N–H and O–H groups in total. The van der Waals surface area contributed by atoms with Crippen LogP contribution in [-0.4, -0.2) is 15.8 Å². The molecule has 0 saturated carbocycles. The first kappa shape index (κ1) is 15.5. The molecule has 0 bridgehead atoms. The Balaban J connectivity index is 1.78. The van der Waals surface area contributed by atoms with Gasteiger partial charge in [0.15, 0.2) is 5.11 Å². The van der Waals surface area contributed by atoms with Gasteiger partial charge in [0.1, 0.15) is 5.58 Å². The zero-order chi connectivity index (χ0) is 17.4. The molecule has 2 heterocycles. The quantitative estimate of drug-likeness (QED) is 0.568. The second-order valence-electron chi connectivity index (χ2n) is 5.85. The molecule has 25 heavy (non-hydrogen) atoms. The molecule has 6 heteroatoms. The molecular formula is C19H15N3O2S. The summed E-state index contributed by atoms with van der Waals surface area (Å²) in [7, 11) is 0. The van der Waals surface area contributed by atoms with Gasteiger partial charge in [0.25, 0.3) is 0 Å². The van der Waals surface area contributed by atoms with Crippen LogP contribution in [0.5, 0.6) is 0 Å². The molecule has 0 fully saturated rings. The highest BCUT2D eigenvalue weighted by molar-refractivity contribution is 7.80. The lowest BCUT2D eigenvalue weighted by atomic mass is 9.99. The maximum Gasteiger partial charge on any atom is 0.345 e. The van der Waals surface area contributed by atoms with Crippen LogP contribution in [0.25, 0.3) is 11.0 Å². The highest BCUT2D eigenvalue weighted by atomic mass is 32.1. The summed E-state index contributed by atoms with van der Waals surface area (Å²) in [5, 5.41) is 7.13. The maximum absolute atomic E-state index is 12.4. The Morgan fingerprint density at radius 2 is 1.88 bits per heavy atom. The Hall–Kier alpha value is -2.99. The van der Waals surface area contributed by atoms with Crippen molar-refractivity contribution in [1.29, 1.82) is 0 Å². The minimum Gasteiger partial charge on any atom is -0.422 e. The van der Waals surface area contributed by atoms with Crippen LogP contribution >= 0.6 is 12.2 Å². The minimum atomic E-state index is -0.408. The summed E-state index contributed by atoms with van der Waals surface area (Å²) in [5.74, 6) is 0. The minimum absolute atomic E-state index is 0.125. The number of thiocarbonyl (C=S) groups is 1. The van der Waals surface area contributed by atoms with Crippen LogP contribution in [0.3, 0.4) is 0 Å². The van der Waals surface area contributed by atoms with Crippen LogP contribution < -0.4 is 11.4 Å². The van der Waals surface area contributed by atoms with E-state index in [9.17, 15) is 4.79 Å². The Morgan fingerprint density at radius 1 is 1.16 bits per heavy atom. The number of hydrazone groups is 1. The van der Waals surface area contributed by atoms with Crippen molar-refractivity contribution in [2.75, 3.05) is 0 Å². The first-order chi connectivity index (χ1) is 12.1. The van der Waals surface area contributed by atoms with Crippen molar-refractivity contribution in [3.05, 3.63) is 82.2 Å². The third kappa shape index (κ3) is 2.81. The second kappa shape index (κ2) is 6.14. The van der Waals surface area contributed by atoms with Gasteiger partial charge < -0.3 is 10.2 Å². The van der Waals surface area contributed by atoms with Crippen molar-refractivity contribution in [3.63, 3.8) is 0 Å². The number of para-hydroxylation sites is 1. The van der Waals surface area contributed by atoms with E-state index in [1.165, 1.54) is 0 Å². The fourth-order valence-corrected chi connectivity index (χ4v) is 3.24. The molecule has 2 aromatic carbocycles. The van der Waals surface area contributed by atoms with Crippen molar-refractivity contribution < 1.29 is 4.42 Å². The number of hydrogen-bond acceptors (Lipinski definition) is 4. The number of rotatable bonds is 2. The Bertz CT molecular complexity index is 1040. The fourth-order valence-electron chi connectivity index (χ4n) is 3.07. The van der Waals surface area contributed by atoms with Gasteiger partial charge in [0.05, 0.1) is 17.3 Å². The van der Waals surface area contributed by atoms with E-state index in [0.717, 1.165) is 10.9 Å². The van der Waals surface area contributed by atoms with Crippen LogP contribution in [0.15, 0.2) is 75.0 Å². The van der Waals surface area contributed by atoms with Gasteiger partial charge in [-0.2, -0.15) is 5.10 Å². The second-order valence-corrected chi connectivity index (χ2v) is 6.26. The van der Waals surface area contributed by atoms with Gasteiger partial charge >= 0.3 is 5.63 Å². The lowest BCUT2D eigenvalue weighted by Gasteiger charge is -2.21. The lowest BCUT2D eigenvalue weighted by Crippen LogP contribution is -2.31. The highest BCUT2D eigenvalue weighted by Crippen LogP contribution is 2.32. The number of hydrogen-bond donors (Lipinski definition) is 1. The van der Waals surface area contributed by atoms with Crippen molar-refractivity contribution in [3.8, 4) is 0 Å². The number of benzene rings is 2. The van der Waals surface area contributed by atoms with E-state index < -0.39 is 5.63 Å². The predicted molar refractivity (Wildman–Crippen MR) is 101 cm³/mol. The van der Waals surface area contributed by atoms with Crippen LogP contribution in [0.4, 0.5) is 0 Å². The standard InChI is InChI=1S/C19H15N3O2S/c20-19(25)22-16(12-6-2-1-3-7-12)11-15(21-22)14-10-13-8-4-5-9-17(13)24-18(14)23/h1-10,16H,11H2,(H2,20,25). The summed E-state index contributed by atoms with van der Waals surface area (Å²) in [6, 6.07) is 18.9. The van der Waals surface area contributed by atoms with Crippen LogP contribution in [0.2, 0.25) is 0 Å². The van der Waals surface area contributed by atoms with Gasteiger partial charge in [-0.05, 0) is 29.9 Å². The average molecular weight is 349 g/mol. The zero-order valence-electron chi connectivity index (χ0n) is 13.3. The van der Waals surface area contributed by atoms with E-state index >= 15 is 0 Å². The summed E-state index contributed by atoms with van der Waals surface area (Å²) < 4.78 is 5.42. The molecule has 3 aromatic rings. The van der Waals surface area contributed by atoms with Crippen molar-refractivity contribution in [2.24, 2.45) is 10.8 Å². The topological polar surface area (TPSA) is 71.8 Å². The molecule has 1 aliphatic heterocycles. The number of nitrogens with zero attached hydrogens (tertiary/aromatic N) is 2. The van der Waals surface area contributed by atoms with Crippen LogP contribution in [0, 0.1) is 0 Å². The van der Waals surface area contributed by atoms with Gasteiger partial charge in [-0.15, -0.1) is 0 Å². The Morgan fingerprint density at radius 3 is 2.64 bits per heavy atom. The molecule has 0 aliphatic carbocycles. The molecule has 0 radical (unpaired) electrons. The van der Waals surface area contributed by atoms with Crippen LogP contribution in [0.1, 0.15) is 23.6 Å². The largest absolute Gasteiger partial charge is 0.422 e. The molecule has 1 atom stereocenters. The lowest BCUT2D eigenvalue weighted by molar-refractivity contribution is 0.373. The third-order valence-electron chi connectivity index (χ3n) is 4.27. The molecular weight excluding hydrogens is 334 g/mol. The number of nitrogens with two attached hydrogens (primary N) is 1. The first-order valence-corrected chi connectivity index (χ1v) is 8.28. The summed E-state index contributed by atoms with van der Waals surface area (Å²) >= 11 is 5.14. The van der Waals surface area contributed by atoms with Crippen molar-refractivity contribution in [1.82, 2.24) is 5.01 Å². The molecule has 5 nitrogen and oxygen atoms in total. The summed E-state index contributed by atoms with van der Waals surface area (Å²) in [4.78, 5) is 12.4. The number of fused-ring (bicyclic) bond motifs is 1. The monoisotopic (exact) mass is 349 g/mol. The Kier molecular flexibility index (Phi) is 3.82. The van der Waals surface area contributed by atoms with Crippen molar-refractivity contribution in [2.45, 2.75) is 12.5 Å². The molecule has 1 unspecified atom stereocenters. The van der Waals surface area contributed by atoms with Gasteiger partial charge in [0, 0.05) is 11.8 Å². The summed E-state index contributed by atoms with van der Waals surface area (Å²) in [5.41, 5.74) is 8.10. The van der Waals surface area contributed by atoms with Gasteiger partial charge in [-0.25, -0.2) is 9.80 Å². The first-order valence-electron chi connectivity index (χ1n) is 7.88. The molecule has 1 aliphatic rings. The van der Waals surface area contributed by atoms with Gasteiger partial charge in [0.2, 0.25) is 0 Å². The normalized spacial score (nSPS) is 16.9. The van der Waals surface area contributed by atoms with E-state index in [1.54, 1.807) is 11.1 Å². The highest BCUT2D eigenvalue weighted by Gasteiger charge is 2.31. The molecule has 0 spiro atoms. The summed E-state index contributed by atoms with van der Waals surface area (Å²) in [6.45, 7) is 0. The van der Waals surface area contributed by atoms with Crippen molar-refractivity contribution >= 4 is 34.0 Å². The van der Waals surface area contributed by atoms with E-state index in [1.807, 2.05) is 54.6 Å². The smallest absolute Gasteiger partial charge is 0.345 e. The maximum atomic E-state index is 12.4. The molecule has 124 valence electrons. The third-order valence-corrected chi connectivity index (χ3v) is 4.46. The molecule has 0 saturated heterocycles. The van der Waals surface area contributed by atoms with Gasteiger partial charge in [-0.1, -0.05) is 48.5 Å². The predicted octanol–water partition coefficient (Wildman–Crippen LogP) is 3.19. The average Bonchev–Trinajstić information content (AvgIpc) is 3.07. The van der Waals surface area contributed by atoms with E-state index in [2.05, 4.69) is 5.10 Å². The fraction of sp³-hybridized carbons (Fsp3) is 0.105. The molecule has 0 amide bonds. The molecule has 1 aromatic heterocycles. The summed E-state index contributed by atoms with van der Waals surface area (Å²) in [6.07, 6.45) is 0.532. The Labute approximate surface area is 149 Å². The van der Waals surface area contributed by atoms with E-state index in [0.29, 0.717) is 23.3 Å². The van der Waals surface area contributed by atoms with E-state index in [4.69, 9.17) is 22.4 Å².